The Morgan fingerprint density at radius 3 is 2.61 bits per heavy atom. The normalized spacial score (nSPS) is 11.4. The molecule has 0 aliphatic carbocycles. The number of para-hydroxylation sites is 1. The van der Waals surface area contributed by atoms with Crippen LogP contribution in [0, 0.1) is 0 Å². The van der Waals surface area contributed by atoms with Crippen LogP contribution in [0.25, 0.3) is 17.0 Å². The molecule has 0 radical (unpaired) electrons. The number of carbonyl (C=O) groups excluding carboxylic acids is 2. The van der Waals surface area contributed by atoms with Crippen molar-refractivity contribution in [3.8, 4) is 11.6 Å². The Bertz CT molecular complexity index is 1130. The number of benzene rings is 2. The average Bonchev–Trinajstić information content (AvgIpc) is 3.06. The number of hydrogen-bond acceptors (Lipinski definition) is 5. The molecular weight excluding hydrogens is 396 g/mol. The molecule has 0 atom stereocenters. The molecule has 8 heteroatoms. The van der Waals surface area contributed by atoms with Gasteiger partial charge in [0.05, 0.1) is 12.6 Å². The summed E-state index contributed by atoms with van der Waals surface area (Å²) in [4.78, 5) is 24.0. The van der Waals surface area contributed by atoms with Gasteiger partial charge >= 0.3 is 0 Å². The number of azo groups is 1. The molecule has 2 amide bonds. The summed E-state index contributed by atoms with van der Waals surface area (Å²) in [5, 5.41) is 21.3. The van der Waals surface area contributed by atoms with Gasteiger partial charge in [0, 0.05) is 18.0 Å². The second-order valence-corrected chi connectivity index (χ2v) is 6.76. The smallest absolute Gasteiger partial charge is 0.283 e. The zero-order valence-electron chi connectivity index (χ0n) is 17.4. The molecule has 2 N–H and O–H groups in total. The van der Waals surface area contributed by atoms with E-state index in [0.29, 0.717) is 11.9 Å². The van der Waals surface area contributed by atoms with Crippen LogP contribution in [0.3, 0.4) is 0 Å². The summed E-state index contributed by atoms with van der Waals surface area (Å²) in [5.74, 6) is -0.368. The lowest BCUT2D eigenvalue weighted by atomic mass is 10.2. The minimum atomic E-state index is -0.627. The maximum absolute atomic E-state index is 12.0. The second-order valence-electron chi connectivity index (χ2n) is 6.76. The molecule has 0 unspecified atom stereocenters. The highest BCUT2D eigenvalue weighted by atomic mass is 16.5. The van der Waals surface area contributed by atoms with Crippen molar-refractivity contribution in [2.75, 3.05) is 13.7 Å². The third-order valence-electron chi connectivity index (χ3n) is 4.58. The van der Waals surface area contributed by atoms with E-state index in [1.54, 1.807) is 29.9 Å². The molecular formula is C23H24N4O4. The maximum atomic E-state index is 12.0. The largest absolute Gasteiger partial charge is 0.497 e. The van der Waals surface area contributed by atoms with E-state index in [2.05, 4.69) is 15.5 Å². The van der Waals surface area contributed by atoms with Crippen LogP contribution in [0.15, 0.2) is 64.8 Å². The van der Waals surface area contributed by atoms with Crippen LogP contribution in [0.1, 0.15) is 18.9 Å². The molecule has 0 aliphatic rings. The van der Waals surface area contributed by atoms with Crippen LogP contribution < -0.4 is 10.1 Å². The zero-order valence-corrected chi connectivity index (χ0v) is 17.4. The van der Waals surface area contributed by atoms with Gasteiger partial charge in [-0.25, -0.2) is 0 Å². The molecule has 8 nitrogen and oxygen atoms in total. The van der Waals surface area contributed by atoms with Crippen LogP contribution >= 0.6 is 0 Å². The highest BCUT2D eigenvalue weighted by Crippen LogP contribution is 2.38. The number of aromatic hydroxyl groups is 1. The SMILES string of the molecule is CCCn1c(O)c(N=NC(=O)CNC(=O)/C=C/c2ccc(OC)cc2)c2ccccc21. The molecule has 1 heterocycles. The van der Waals surface area contributed by atoms with Gasteiger partial charge in [-0.1, -0.05) is 37.3 Å². The van der Waals surface area contributed by atoms with Gasteiger partial charge in [-0.3, -0.25) is 9.59 Å². The highest BCUT2D eigenvalue weighted by Gasteiger charge is 2.16. The van der Waals surface area contributed by atoms with Crippen LogP contribution in [0.4, 0.5) is 5.69 Å². The zero-order chi connectivity index (χ0) is 22.2. The predicted molar refractivity (Wildman–Crippen MR) is 118 cm³/mol. The highest BCUT2D eigenvalue weighted by molar-refractivity contribution is 5.96. The summed E-state index contributed by atoms with van der Waals surface area (Å²) in [6.45, 7) is 2.32. The summed E-state index contributed by atoms with van der Waals surface area (Å²) < 4.78 is 6.82. The molecule has 0 fully saturated rings. The first-order valence-electron chi connectivity index (χ1n) is 9.88. The Kier molecular flexibility index (Phi) is 7.16. The van der Waals surface area contributed by atoms with Gasteiger partial charge in [-0.15, -0.1) is 10.2 Å². The molecule has 0 saturated heterocycles. The Balaban J connectivity index is 1.61. The van der Waals surface area contributed by atoms with Gasteiger partial charge in [0.25, 0.3) is 5.91 Å². The molecule has 31 heavy (non-hydrogen) atoms. The number of nitrogens with one attached hydrogen (secondary N) is 1. The number of nitrogens with zero attached hydrogens (tertiary/aromatic N) is 3. The van der Waals surface area contributed by atoms with Crippen molar-refractivity contribution in [1.29, 1.82) is 0 Å². The second kappa shape index (κ2) is 10.2. The monoisotopic (exact) mass is 420 g/mol. The summed E-state index contributed by atoms with van der Waals surface area (Å²) in [5.41, 5.74) is 1.88. The van der Waals surface area contributed by atoms with Gasteiger partial charge in [0.2, 0.25) is 11.8 Å². The predicted octanol–water partition coefficient (Wildman–Crippen LogP) is 4.21. The van der Waals surface area contributed by atoms with Crippen LogP contribution in [0.5, 0.6) is 11.6 Å². The molecule has 0 saturated carbocycles. The first kappa shape index (κ1) is 21.8. The molecule has 2 aromatic carbocycles. The fraction of sp³-hybridized carbons (Fsp3) is 0.217. The van der Waals surface area contributed by atoms with Crippen LogP contribution in [-0.4, -0.2) is 35.1 Å². The van der Waals surface area contributed by atoms with E-state index in [4.69, 9.17) is 4.74 Å². The van der Waals surface area contributed by atoms with E-state index in [9.17, 15) is 14.7 Å². The van der Waals surface area contributed by atoms with E-state index >= 15 is 0 Å². The standard InChI is InChI=1S/C23H24N4O4/c1-3-14-27-19-7-5-4-6-18(19)22(23(27)30)26-25-21(29)15-24-20(28)13-10-16-8-11-17(31-2)12-9-16/h4-13,30H,3,14-15H2,1-2H3,(H,24,28)/b13-10+,26-25?. The number of methoxy groups -OCH3 is 1. The fourth-order valence-corrected chi connectivity index (χ4v) is 3.07. The van der Waals surface area contributed by atoms with E-state index < -0.39 is 11.8 Å². The maximum Gasteiger partial charge on any atom is 0.283 e. The van der Waals surface area contributed by atoms with Crippen molar-refractivity contribution < 1.29 is 19.4 Å². The lowest BCUT2D eigenvalue weighted by molar-refractivity contribution is -0.122. The van der Waals surface area contributed by atoms with Crippen molar-refractivity contribution in [3.63, 3.8) is 0 Å². The van der Waals surface area contributed by atoms with Gasteiger partial charge in [-0.05, 0) is 36.3 Å². The number of ether oxygens (including phenoxy) is 1. The molecule has 1 aromatic heterocycles. The van der Waals surface area contributed by atoms with E-state index in [-0.39, 0.29) is 18.1 Å². The van der Waals surface area contributed by atoms with Gasteiger partial charge in [-0.2, -0.15) is 0 Å². The number of hydrogen-bond donors (Lipinski definition) is 2. The lowest BCUT2D eigenvalue weighted by Crippen LogP contribution is -2.26. The topological polar surface area (TPSA) is 105 Å². The Hall–Kier alpha value is -3.94. The van der Waals surface area contributed by atoms with Crippen LogP contribution in [0.2, 0.25) is 0 Å². The molecule has 0 bridgehead atoms. The number of aromatic nitrogens is 1. The van der Waals surface area contributed by atoms with Crippen LogP contribution in [-0.2, 0) is 16.1 Å². The number of rotatable bonds is 8. The summed E-state index contributed by atoms with van der Waals surface area (Å²) >= 11 is 0. The Morgan fingerprint density at radius 1 is 1.16 bits per heavy atom. The molecule has 3 aromatic rings. The number of fused-ring (bicyclic) bond motifs is 1. The summed E-state index contributed by atoms with van der Waals surface area (Å²) in [6.07, 6.45) is 3.79. The van der Waals surface area contributed by atoms with E-state index in [1.165, 1.54) is 6.08 Å². The first-order valence-corrected chi connectivity index (χ1v) is 9.88. The van der Waals surface area contributed by atoms with E-state index in [0.717, 1.165) is 23.3 Å². The lowest BCUT2D eigenvalue weighted by Gasteiger charge is -2.03. The Labute approximate surface area is 179 Å². The first-order chi connectivity index (χ1) is 15.0. The van der Waals surface area contributed by atoms with Crippen molar-refractivity contribution in [2.45, 2.75) is 19.9 Å². The number of amides is 2. The number of carbonyl (C=O) groups is 2. The molecule has 0 spiro atoms. The Morgan fingerprint density at radius 2 is 1.90 bits per heavy atom. The van der Waals surface area contributed by atoms with E-state index in [1.807, 2.05) is 43.3 Å². The van der Waals surface area contributed by atoms with Crippen molar-refractivity contribution >= 4 is 34.5 Å². The van der Waals surface area contributed by atoms with Gasteiger partial charge in [0.15, 0.2) is 5.69 Å². The van der Waals surface area contributed by atoms with Gasteiger partial charge < -0.3 is 19.7 Å². The van der Waals surface area contributed by atoms with Crippen molar-refractivity contribution in [2.24, 2.45) is 10.2 Å². The quantitative estimate of drug-likeness (QED) is 0.421. The minimum Gasteiger partial charge on any atom is -0.497 e. The summed E-state index contributed by atoms with van der Waals surface area (Å²) in [6, 6.07) is 14.6. The third-order valence-corrected chi connectivity index (χ3v) is 4.58. The minimum absolute atomic E-state index is 0.0361. The fourth-order valence-electron chi connectivity index (χ4n) is 3.07. The summed E-state index contributed by atoms with van der Waals surface area (Å²) in [7, 11) is 1.58. The third kappa shape index (κ3) is 5.36. The molecule has 0 aliphatic heterocycles. The van der Waals surface area contributed by atoms with Crippen molar-refractivity contribution in [1.82, 2.24) is 9.88 Å². The molecule has 3 rings (SSSR count). The molecule has 160 valence electrons. The number of aryl methyl sites for hydroxylation is 1. The average molecular weight is 420 g/mol. The van der Waals surface area contributed by atoms with Crippen molar-refractivity contribution in [3.05, 3.63) is 60.2 Å². The van der Waals surface area contributed by atoms with Gasteiger partial charge in [0.1, 0.15) is 12.3 Å².